The molecule has 0 radical (unpaired) electrons. The summed E-state index contributed by atoms with van der Waals surface area (Å²) in [5.41, 5.74) is 4.93. The number of aromatic nitrogens is 3. The molecule has 3 rings (SSSR count). The van der Waals surface area contributed by atoms with E-state index in [1.165, 1.54) is 18.0 Å². The predicted molar refractivity (Wildman–Crippen MR) is 94.0 cm³/mol. The number of fused-ring (bicyclic) bond motifs is 1. The first kappa shape index (κ1) is 19.8. The van der Waals surface area contributed by atoms with E-state index in [4.69, 9.17) is 24.7 Å². The molecule has 0 aromatic carbocycles. The third-order valence-electron chi connectivity index (χ3n) is 4.42. The molecule has 1 aliphatic heterocycles. The molecule has 2 aromatic rings. The highest BCUT2D eigenvalue weighted by Gasteiger charge is 2.52. The van der Waals surface area contributed by atoms with Gasteiger partial charge >= 0.3 is 6.16 Å². The summed E-state index contributed by atoms with van der Waals surface area (Å²) in [6.07, 6.45) is -1.89. The highest BCUT2D eigenvalue weighted by Crippen LogP contribution is 2.40. The molecule has 0 spiro atoms. The van der Waals surface area contributed by atoms with E-state index in [-0.39, 0.29) is 25.5 Å². The first-order valence-electron chi connectivity index (χ1n) is 8.59. The molecule has 28 heavy (non-hydrogen) atoms. The summed E-state index contributed by atoms with van der Waals surface area (Å²) in [5, 5.41) is 24.4. The Bertz CT molecular complexity index is 896. The molecule has 2 aromatic heterocycles. The Labute approximate surface area is 160 Å². The van der Waals surface area contributed by atoms with Crippen LogP contribution in [0.25, 0.3) is 5.52 Å². The molecule has 1 fully saturated rings. The molecule has 0 bridgehead atoms. The SMILES string of the molecule is COC[C@H](C)OC(=O)OC[C@@H]1C[C@@H](O)[C@](C#N)(c2ccc3c(N)ncnn23)O1. The Balaban J connectivity index is 1.73. The summed E-state index contributed by atoms with van der Waals surface area (Å²) in [6, 6.07) is 5.26. The molecule has 0 aliphatic carbocycles. The molecular weight excluding hydrogens is 370 g/mol. The van der Waals surface area contributed by atoms with Gasteiger partial charge in [0, 0.05) is 13.5 Å². The van der Waals surface area contributed by atoms with Crippen LogP contribution in [-0.4, -0.2) is 64.5 Å². The van der Waals surface area contributed by atoms with E-state index in [2.05, 4.69) is 10.1 Å². The van der Waals surface area contributed by atoms with Gasteiger partial charge in [-0.25, -0.2) is 14.3 Å². The second kappa shape index (κ2) is 7.97. The number of aliphatic hydroxyl groups excluding tert-OH is 1. The standard InChI is InChI=1S/C17H21N5O6/c1-10(6-25-2)27-16(24)26-7-11-5-14(23)17(8-18,28-11)13-4-3-12-15(19)20-9-21-22(12)13/h3-4,9-11,14,23H,5-7H2,1-2H3,(H2,19,20,21)/t10-,11-,14+,17-/m0/s1. The quantitative estimate of drug-likeness (QED) is 0.660. The third-order valence-corrected chi connectivity index (χ3v) is 4.42. The van der Waals surface area contributed by atoms with E-state index < -0.39 is 30.1 Å². The zero-order valence-electron chi connectivity index (χ0n) is 15.4. The number of nitrogens with two attached hydrogens (primary N) is 1. The van der Waals surface area contributed by atoms with Gasteiger partial charge in [-0.1, -0.05) is 0 Å². The van der Waals surface area contributed by atoms with Gasteiger partial charge in [0.05, 0.1) is 18.4 Å². The second-order valence-electron chi connectivity index (χ2n) is 6.44. The van der Waals surface area contributed by atoms with Crippen LogP contribution in [0.1, 0.15) is 19.0 Å². The summed E-state index contributed by atoms with van der Waals surface area (Å²) in [7, 11) is 1.49. The van der Waals surface area contributed by atoms with Gasteiger partial charge in [0.25, 0.3) is 0 Å². The van der Waals surface area contributed by atoms with Crippen molar-refractivity contribution in [1.82, 2.24) is 14.6 Å². The van der Waals surface area contributed by atoms with Gasteiger partial charge in [-0.05, 0) is 19.1 Å². The number of carbonyl (C=O) groups is 1. The lowest BCUT2D eigenvalue weighted by molar-refractivity contribution is -0.0733. The lowest BCUT2D eigenvalue weighted by Crippen LogP contribution is -2.36. The van der Waals surface area contributed by atoms with Crippen molar-refractivity contribution in [2.75, 3.05) is 26.1 Å². The number of nitriles is 1. The number of methoxy groups -OCH3 is 1. The zero-order chi connectivity index (χ0) is 20.3. The maximum absolute atomic E-state index is 11.7. The maximum Gasteiger partial charge on any atom is 0.508 e. The highest BCUT2D eigenvalue weighted by molar-refractivity contribution is 5.66. The largest absolute Gasteiger partial charge is 0.508 e. The topological polar surface area (TPSA) is 154 Å². The number of ether oxygens (including phenoxy) is 4. The fourth-order valence-electron chi connectivity index (χ4n) is 3.16. The summed E-state index contributed by atoms with van der Waals surface area (Å²) in [5.74, 6) is 0.231. The third kappa shape index (κ3) is 3.57. The van der Waals surface area contributed by atoms with Gasteiger partial charge in [0.1, 0.15) is 36.7 Å². The Morgan fingerprint density at radius 1 is 1.61 bits per heavy atom. The Hall–Kier alpha value is -2.94. The van der Waals surface area contributed by atoms with Crippen molar-refractivity contribution in [2.45, 2.75) is 37.3 Å². The van der Waals surface area contributed by atoms with Gasteiger partial charge in [-0.2, -0.15) is 10.4 Å². The fourth-order valence-corrected chi connectivity index (χ4v) is 3.16. The van der Waals surface area contributed by atoms with Crippen molar-refractivity contribution < 1.29 is 28.8 Å². The predicted octanol–water partition coefficient (Wildman–Crippen LogP) is 0.368. The molecular formula is C17H21N5O6. The molecule has 4 atom stereocenters. The number of hydrogen-bond acceptors (Lipinski definition) is 10. The number of carbonyl (C=O) groups excluding carboxylic acids is 1. The van der Waals surface area contributed by atoms with Crippen LogP contribution in [0.5, 0.6) is 0 Å². The summed E-state index contributed by atoms with van der Waals surface area (Å²) < 4.78 is 22.1. The second-order valence-corrected chi connectivity index (χ2v) is 6.44. The van der Waals surface area contributed by atoms with Gasteiger partial charge < -0.3 is 29.8 Å². The molecule has 1 aliphatic rings. The first-order chi connectivity index (χ1) is 13.4. The van der Waals surface area contributed by atoms with Crippen LogP contribution < -0.4 is 5.73 Å². The molecule has 0 saturated carbocycles. The van der Waals surface area contributed by atoms with E-state index in [9.17, 15) is 15.2 Å². The van der Waals surface area contributed by atoms with E-state index in [1.54, 1.807) is 19.1 Å². The van der Waals surface area contributed by atoms with Gasteiger partial charge in [-0.15, -0.1) is 0 Å². The molecule has 1 saturated heterocycles. The molecule has 0 amide bonds. The number of aliphatic hydroxyl groups is 1. The lowest BCUT2D eigenvalue weighted by Gasteiger charge is -2.24. The average Bonchev–Trinajstić information content (AvgIpc) is 3.23. The summed E-state index contributed by atoms with van der Waals surface area (Å²) >= 11 is 0. The van der Waals surface area contributed by atoms with Gasteiger partial charge in [0.2, 0.25) is 5.60 Å². The summed E-state index contributed by atoms with van der Waals surface area (Å²) in [6.45, 7) is 1.71. The van der Waals surface area contributed by atoms with Crippen LogP contribution in [0.15, 0.2) is 18.5 Å². The number of nitrogen functional groups attached to an aromatic ring is 1. The molecule has 11 nitrogen and oxygen atoms in total. The molecule has 3 heterocycles. The summed E-state index contributed by atoms with van der Waals surface area (Å²) in [4.78, 5) is 15.6. The van der Waals surface area contributed by atoms with Crippen molar-refractivity contribution in [2.24, 2.45) is 0 Å². The van der Waals surface area contributed by atoms with Crippen LogP contribution >= 0.6 is 0 Å². The van der Waals surface area contributed by atoms with E-state index in [1.807, 2.05) is 6.07 Å². The molecule has 3 N–H and O–H groups in total. The van der Waals surface area contributed by atoms with Gasteiger partial charge in [0.15, 0.2) is 5.82 Å². The van der Waals surface area contributed by atoms with Crippen LogP contribution in [0, 0.1) is 11.3 Å². The molecule has 150 valence electrons. The smallest absolute Gasteiger partial charge is 0.432 e. The van der Waals surface area contributed by atoms with Crippen molar-refractivity contribution in [1.29, 1.82) is 5.26 Å². The normalized spacial score (nSPS) is 25.4. The van der Waals surface area contributed by atoms with Crippen molar-refractivity contribution in [3.63, 3.8) is 0 Å². The first-order valence-corrected chi connectivity index (χ1v) is 8.59. The van der Waals surface area contributed by atoms with Crippen LogP contribution in [-0.2, 0) is 24.5 Å². The van der Waals surface area contributed by atoms with Crippen molar-refractivity contribution in [3.05, 3.63) is 24.2 Å². The van der Waals surface area contributed by atoms with Gasteiger partial charge in [-0.3, -0.25) is 0 Å². The molecule has 11 heteroatoms. The van der Waals surface area contributed by atoms with Crippen LogP contribution in [0.4, 0.5) is 10.6 Å². The monoisotopic (exact) mass is 391 g/mol. The van der Waals surface area contributed by atoms with E-state index in [0.717, 1.165) is 0 Å². The Morgan fingerprint density at radius 2 is 2.39 bits per heavy atom. The minimum Gasteiger partial charge on any atom is -0.432 e. The number of nitrogens with zero attached hydrogens (tertiary/aromatic N) is 4. The minimum absolute atomic E-state index is 0.0856. The number of rotatable bonds is 6. The Morgan fingerprint density at radius 3 is 3.11 bits per heavy atom. The lowest BCUT2D eigenvalue weighted by atomic mass is 9.94. The molecule has 0 unspecified atom stereocenters. The van der Waals surface area contributed by atoms with E-state index in [0.29, 0.717) is 11.2 Å². The number of hydrogen-bond donors (Lipinski definition) is 2. The fraction of sp³-hybridized carbons (Fsp3) is 0.529. The minimum atomic E-state index is -1.69. The highest BCUT2D eigenvalue weighted by atomic mass is 16.7. The Kier molecular flexibility index (Phi) is 5.64. The van der Waals surface area contributed by atoms with E-state index >= 15 is 0 Å². The van der Waals surface area contributed by atoms with Crippen LogP contribution in [0.3, 0.4) is 0 Å². The van der Waals surface area contributed by atoms with Crippen molar-refractivity contribution >= 4 is 17.5 Å². The van der Waals surface area contributed by atoms with Crippen LogP contribution in [0.2, 0.25) is 0 Å². The average molecular weight is 391 g/mol. The zero-order valence-corrected chi connectivity index (χ0v) is 15.4. The number of anilines is 1. The maximum atomic E-state index is 11.7. The van der Waals surface area contributed by atoms with Crippen molar-refractivity contribution in [3.8, 4) is 6.07 Å².